The lowest BCUT2D eigenvalue weighted by Crippen LogP contribution is -2.43. The molecule has 1 heterocycles. The van der Waals surface area contributed by atoms with Gasteiger partial charge >= 0.3 is 5.97 Å². The van der Waals surface area contributed by atoms with Crippen LogP contribution < -0.4 is 5.32 Å². The van der Waals surface area contributed by atoms with Gasteiger partial charge in [0.25, 0.3) is 0 Å². The topological polar surface area (TPSA) is 52.6 Å². The van der Waals surface area contributed by atoms with E-state index >= 15 is 0 Å². The van der Waals surface area contributed by atoms with E-state index in [0.29, 0.717) is 12.0 Å². The third-order valence-electron chi connectivity index (χ3n) is 3.61. The van der Waals surface area contributed by atoms with Crippen LogP contribution in [0.3, 0.4) is 0 Å². The van der Waals surface area contributed by atoms with Gasteiger partial charge in [-0.1, -0.05) is 13.8 Å². The van der Waals surface area contributed by atoms with Crippen LogP contribution in [0.5, 0.6) is 0 Å². The first-order chi connectivity index (χ1) is 7.91. The molecule has 2 unspecified atom stereocenters. The minimum Gasteiger partial charge on any atom is -0.480 e. The lowest BCUT2D eigenvalue weighted by Gasteiger charge is -2.22. The zero-order valence-corrected chi connectivity index (χ0v) is 11.4. The number of hydrogen-bond donors (Lipinski definition) is 2. The van der Waals surface area contributed by atoms with Crippen LogP contribution in [-0.2, 0) is 4.79 Å². The number of aliphatic carboxylic acids is 1. The van der Waals surface area contributed by atoms with E-state index in [0.717, 1.165) is 19.6 Å². The lowest BCUT2D eigenvalue weighted by atomic mass is 10.0. The maximum Gasteiger partial charge on any atom is 0.320 e. The molecule has 17 heavy (non-hydrogen) atoms. The fraction of sp³-hybridized carbons (Fsp3) is 0.923. The normalized spacial score (nSPS) is 23.5. The molecule has 2 N–H and O–H groups in total. The Balaban J connectivity index is 2.34. The number of nitrogens with zero attached hydrogens (tertiary/aromatic N) is 1. The van der Waals surface area contributed by atoms with Crippen LogP contribution in [0.25, 0.3) is 0 Å². The molecular weight excluding hydrogens is 216 g/mol. The van der Waals surface area contributed by atoms with Crippen LogP contribution in [-0.4, -0.2) is 47.7 Å². The Kier molecular flexibility index (Phi) is 5.40. The summed E-state index contributed by atoms with van der Waals surface area (Å²) in [7, 11) is 0. The van der Waals surface area contributed by atoms with E-state index in [1.807, 2.05) is 13.8 Å². The van der Waals surface area contributed by atoms with Crippen LogP contribution in [0.4, 0.5) is 0 Å². The molecule has 1 aliphatic heterocycles. The van der Waals surface area contributed by atoms with Crippen molar-refractivity contribution >= 4 is 5.97 Å². The molecule has 0 amide bonds. The van der Waals surface area contributed by atoms with E-state index in [4.69, 9.17) is 5.11 Å². The third kappa shape index (κ3) is 4.28. The second kappa shape index (κ2) is 6.36. The lowest BCUT2D eigenvalue weighted by molar-refractivity contribution is -0.140. The van der Waals surface area contributed by atoms with Crippen LogP contribution >= 0.6 is 0 Å². The largest absolute Gasteiger partial charge is 0.480 e. The number of likely N-dealkylation sites (tertiary alicyclic amines) is 1. The van der Waals surface area contributed by atoms with Crippen molar-refractivity contribution in [1.29, 1.82) is 0 Å². The number of carboxylic acids is 1. The first-order valence-electron chi connectivity index (χ1n) is 6.62. The Labute approximate surface area is 104 Å². The zero-order chi connectivity index (χ0) is 13.0. The summed E-state index contributed by atoms with van der Waals surface area (Å²) in [6.07, 6.45) is 1.18. The van der Waals surface area contributed by atoms with Crippen molar-refractivity contribution in [2.45, 2.75) is 46.2 Å². The van der Waals surface area contributed by atoms with Gasteiger partial charge in [0.1, 0.15) is 6.04 Å². The maximum absolute atomic E-state index is 11.0. The molecule has 0 aromatic heterocycles. The minimum atomic E-state index is -0.737. The molecule has 0 aromatic carbocycles. The third-order valence-corrected chi connectivity index (χ3v) is 3.61. The molecule has 0 radical (unpaired) electrons. The predicted octanol–water partition coefficient (Wildman–Crippen LogP) is 1.42. The highest BCUT2D eigenvalue weighted by Gasteiger charge is 2.27. The highest BCUT2D eigenvalue weighted by Crippen LogP contribution is 2.18. The van der Waals surface area contributed by atoms with Crippen molar-refractivity contribution in [2.75, 3.05) is 19.6 Å². The van der Waals surface area contributed by atoms with Gasteiger partial charge in [0, 0.05) is 19.1 Å². The molecule has 0 saturated carbocycles. The summed E-state index contributed by atoms with van der Waals surface area (Å²) in [6.45, 7) is 11.4. The first kappa shape index (κ1) is 14.5. The van der Waals surface area contributed by atoms with Gasteiger partial charge < -0.3 is 15.3 Å². The van der Waals surface area contributed by atoms with Crippen molar-refractivity contribution < 1.29 is 9.90 Å². The molecule has 0 bridgehead atoms. The fourth-order valence-corrected chi connectivity index (χ4v) is 2.40. The molecular formula is C13H26N2O2. The Morgan fingerprint density at radius 3 is 2.47 bits per heavy atom. The van der Waals surface area contributed by atoms with Gasteiger partial charge in [-0.25, -0.2) is 0 Å². The Bertz CT molecular complexity index is 254. The van der Waals surface area contributed by atoms with E-state index in [2.05, 4.69) is 24.1 Å². The summed E-state index contributed by atoms with van der Waals surface area (Å²) in [4.78, 5) is 13.5. The second-order valence-electron chi connectivity index (χ2n) is 5.71. The van der Waals surface area contributed by atoms with E-state index in [-0.39, 0.29) is 5.92 Å². The van der Waals surface area contributed by atoms with E-state index < -0.39 is 12.0 Å². The van der Waals surface area contributed by atoms with E-state index in [1.165, 1.54) is 6.42 Å². The SMILES string of the molecule is CC(C)C(NCC1CCN(C(C)C)C1)C(=O)O. The summed E-state index contributed by atoms with van der Waals surface area (Å²) >= 11 is 0. The summed E-state index contributed by atoms with van der Waals surface area (Å²) in [5.41, 5.74) is 0. The molecule has 100 valence electrons. The predicted molar refractivity (Wildman–Crippen MR) is 69.1 cm³/mol. The summed E-state index contributed by atoms with van der Waals surface area (Å²) in [5.74, 6) is -0.00758. The summed E-state index contributed by atoms with van der Waals surface area (Å²) in [6, 6.07) is 0.184. The molecule has 2 atom stereocenters. The number of carboxylic acid groups (broad SMARTS) is 1. The van der Waals surface area contributed by atoms with Crippen molar-refractivity contribution in [1.82, 2.24) is 10.2 Å². The molecule has 0 spiro atoms. The van der Waals surface area contributed by atoms with Crippen molar-refractivity contribution in [3.63, 3.8) is 0 Å². The Morgan fingerprint density at radius 1 is 1.41 bits per heavy atom. The number of nitrogens with one attached hydrogen (secondary N) is 1. The monoisotopic (exact) mass is 242 g/mol. The van der Waals surface area contributed by atoms with E-state index in [1.54, 1.807) is 0 Å². The molecule has 1 fully saturated rings. The van der Waals surface area contributed by atoms with Crippen LogP contribution in [0.15, 0.2) is 0 Å². The molecule has 1 rings (SSSR count). The molecule has 0 aliphatic carbocycles. The molecule has 1 aliphatic rings. The molecule has 4 heteroatoms. The van der Waals surface area contributed by atoms with Gasteiger partial charge in [0.2, 0.25) is 0 Å². The van der Waals surface area contributed by atoms with E-state index in [9.17, 15) is 4.79 Å². The molecule has 4 nitrogen and oxygen atoms in total. The fourth-order valence-electron chi connectivity index (χ4n) is 2.40. The summed E-state index contributed by atoms with van der Waals surface area (Å²) < 4.78 is 0. The standard InChI is InChI=1S/C13H26N2O2/c1-9(2)12(13(16)17)14-7-11-5-6-15(8-11)10(3)4/h9-12,14H,5-8H2,1-4H3,(H,16,17). The van der Waals surface area contributed by atoms with Crippen LogP contribution in [0.2, 0.25) is 0 Å². The van der Waals surface area contributed by atoms with Gasteiger partial charge in [-0.2, -0.15) is 0 Å². The Morgan fingerprint density at radius 2 is 2.06 bits per heavy atom. The van der Waals surface area contributed by atoms with Crippen molar-refractivity contribution in [3.8, 4) is 0 Å². The average Bonchev–Trinajstić information content (AvgIpc) is 2.65. The van der Waals surface area contributed by atoms with Crippen molar-refractivity contribution in [2.24, 2.45) is 11.8 Å². The molecule has 0 aromatic rings. The maximum atomic E-state index is 11.0. The smallest absolute Gasteiger partial charge is 0.320 e. The zero-order valence-electron chi connectivity index (χ0n) is 11.4. The van der Waals surface area contributed by atoms with Gasteiger partial charge in [0.05, 0.1) is 0 Å². The number of carbonyl (C=O) groups is 1. The minimum absolute atomic E-state index is 0.134. The average molecular weight is 242 g/mol. The summed E-state index contributed by atoms with van der Waals surface area (Å²) in [5, 5.41) is 12.3. The second-order valence-corrected chi connectivity index (χ2v) is 5.71. The highest BCUT2D eigenvalue weighted by atomic mass is 16.4. The molecule has 1 saturated heterocycles. The van der Waals surface area contributed by atoms with Gasteiger partial charge in [-0.05, 0) is 38.6 Å². The van der Waals surface area contributed by atoms with Crippen LogP contribution in [0.1, 0.15) is 34.1 Å². The number of rotatable bonds is 6. The quantitative estimate of drug-likeness (QED) is 0.739. The van der Waals surface area contributed by atoms with Crippen LogP contribution in [0, 0.1) is 11.8 Å². The van der Waals surface area contributed by atoms with Gasteiger partial charge in [-0.15, -0.1) is 0 Å². The first-order valence-corrected chi connectivity index (χ1v) is 6.62. The Hall–Kier alpha value is -0.610. The highest BCUT2D eigenvalue weighted by molar-refractivity contribution is 5.73. The number of hydrogen-bond acceptors (Lipinski definition) is 3. The van der Waals surface area contributed by atoms with Gasteiger partial charge in [-0.3, -0.25) is 4.79 Å². The van der Waals surface area contributed by atoms with Gasteiger partial charge in [0.15, 0.2) is 0 Å². The van der Waals surface area contributed by atoms with Crippen molar-refractivity contribution in [3.05, 3.63) is 0 Å².